The molecule has 106 valence electrons. The van der Waals surface area contributed by atoms with Crippen molar-refractivity contribution in [3.05, 3.63) is 12.7 Å². The zero-order chi connectivity index (χ0) is 13.5. The van der Waals surface area contributed by atoms with Gasteiger partial charge < -0.3 is 19.3 Å². The summed E-state index contributed by atoms with van der Waals surface area (Å²) in [6.45, 7) is 5.91. The Morgan fingerprint density at radius 1 is 0.944 bits per heavy atom. The standard InChI is InChI=1S/C13H24O5/c1-2-13(15)18-12-11-17-9-6-4-3-5-8-16-10-7-14/h2,14H,1,3-12H2. The molecule has 0 fully saturated rings. The molecule has 0 aromatic heterocycles. The Balaban J connectivity index is 2.98. The summed E-state index contributed by atoms with van der Waals surface area (Å²) in [5.41, 5.74) is 0. The number of esters is 1. The summed E-state index contributed by atoms with van der Waals surface area (Å²) in [7, 11) is 0. The first-order chi connectivity index (χ1) is 8.81. The fourth-order valence-corrected chi connectivity index (χ4v) is 1.29. The van der Waals surface area contributed by atoms with Gasteiger partial charge in [0, 0.05) is 19.3 Å². The zero-order valence-corrected chi connectivity index (χ0v) is 10.9. The molecule has 0 radical (unpaired) electrons. The van der Waals surface area contributed by atoms with E-state index in [0.717, 1.165) is 31.8 Å². The number of carbonyl (C=O) groups excluding carboxylic acids is 1. The Morgan fingerprint density at radius 2 is 1.56 bits per heavy atom. The number of hydrogen-bond acceptors (Lipinski definition) is 5. The Kier molecular flexibility index (Phi) is 13.4. The van der Waals surface area contributed by atoms with Gasteiger partial charge in [-0.2, -0.15) is 0 Å². The van der Waals surface area contributed by atoms with E-state index in [9.17, 15) is 4.79 Å². The molecule has 0 saturated heterocycles. The van der Waals surface area contributed by atoms with Crippen LogP contribution in [0.3, 0.4) is 0 Å². The van der Waals surface area contributed by atoms with Crippen molar-refractivity contribution in [3.63, 3.8) is 0 Å². The first-order valence-electron chi connectivity index (χ1n) is 6.36. The van der Waals surface area contributed by atoms with Gasteiger partial charge in [-0.3, -0.25) is 0 Å². The number of hydrogen-bond donors (Lipinski definition) is 1. The lowest BCUT2D eigenvalue weighted by molar-refractivity contribution is -0.139. The molecule has 1 N–H and O–H groups in total. The molecule has 0 aromatic carbocycles. The van der Waals surface area contributed by atoms with Crippen LogP contribution in [0.2, 0.25) is 0 Å². The predicted molar refractivity (Wildman–Crippen MR) is 68.3 cm³/mol. The minimum absolute atomic E-state index is 0.0876. The van der Waals surface area contributed by atoms with Crippen LogP contribution < -0.4 is 0 Å². The van der Waals surface area contributed by atoms with E-state index in [1.807, 2.05) is 0 Å². The van der Waals surface area contributed by atoms with E-state index in [4.69, 9.17) is 19.3 Å². The maximum Gasteiger partial charge on any atom is 0.330 e. The third-order valence-corrected chi connectivity index (χ3v) is 2.20. The molecular formula is C13H24O5. The van der Waals surface area contributed by atoms with Crippen LogP contribution in [-0.4, -0.2) is 50.7 Å². The van der Waals surface area contributed by atoms with Gasteiger partial charge in [0.1, 0.15) is 6.61 Å². The van der Waals surface area contributed by atoms with E-state index in [1.165, 1.54) is 0 Å². The largest absolute Gasteiger partial charge is 0.460 e. The molecule has 0 bridgehead atoms. The molecule has 0 atom stereocenters. The SMILES string of the molecule is C=CC(=O)OCCOCCCCCCOCCO. The predicted octanol–water partition coefficient (Wildman–Crippen LogP) is 1.30. The van der Waals surface area contributed by atoms with Gasteiger partial charge in [0.2, 0.25) is 0 Å². The normalized spacial score (nSPS) is 10.3. The molecule has 5 nitrogen and oxygen atoms in total. The summed E-state index contributed by atoms with van der Waals surface area (Å²) in [5.74, 6) is -0.415. The maximum absolute atomic E-state index is 10.7. The van der Waals surface area contributed by atoms with E-state index >= 15 is 0 Å². The van der Waals surface area contributed by atoms with Crippen molar-refractivity contribution in [1.29, 1.82) is 0 Å². The van der Waals surface area contributed by atoms with Crippen molar-refractivity contribution in [2.75, 3.05) is 39.6 Å². The van der Waals surface area contributed by atoms with Gasteiger partial charge in [0.05, 0.1) is 19.8 Å². The van der Waals surface area contributed by atoms with Gasteiger partial charge in [-0.1, -0.05) is 19.4 Å². The van der Waals surface area contributed by atoms with Gasteiger partial charge in [0.15, 0.2) is 0 Å². The number of ether oxygens (including phenoxy) is 3. The van der Waals surface area contributed by atoms with Crippen LogP contribution in [-0.2, 0) is 19.0 Å². The fourth-order valence-electron chi connectivity index (χ4n) is 1.29. The van der Waals surface area contributed by atoms with Crippen LogP contribution in [0.1, 0.15) is 25.7 Å². The highest BCUT2D eigenvalue weighted by atomic mass is 16.6. The van der Waals surface area contributed by atoms with Crippen LogP contribution in [0.4, 0.5) is 0 Å². The molecule has 0 saturated carbocycles. The fraction of sp³-hybridized carbons (Fsp3) is 0.769. The minimum atomic E-state index is -0.415. The number of unbranched alkanes of at least 4 members (excludes halogenated alkanes) is 3. The zero-order valence-electron chi connectivity index (χ0n) is 10.9. The second-order valence-electron chi connectivity index (χ2n) is 3.73. The third-order valence-electron chi connectivity index (χ3n) is 2.20. The topological polar surface area (TPSA) is 65.0 Å². The molecule has 5 heteroatoms. The van der Waals surface area contributed by atoms with E-state index in [0.29, 0.717) is 26.4 Å². The molecule has 0 aliphatic rings. The highest BCUT2D eigenvalue weighted by Gasteiger charge is 1.95. The lowest BCUT2D eigenvalue weighted by Crippen LogP contribution is -2.08. The van der Waals surface area contributed by atoms with Crippen molar-refractivity contribution < 1.29 is 24.1 Å². The van der Waals surface area contributed by atoms with Gasteiger partial charge in [0.25, 0.3) is 0 Å². The first kappa shape index (κ1) is 17.1. The monoisotopic (exact) mass is 260 g/mol. The second kappa shape index (κ2) is 14.2. The highest BCUT2D eigenvalue weighted by molar-refractivity contribution is 5.81. The van der Waals surface area contributed by atoms with Gasteiger partial charge in [-0.05, 0) is 12.8 Å². The van der Waals surface area contributed by atoms with E-state index in [1.54, 1.807) is 0 Å². The molecule has 0 amide bonds. The first-order valence-corrected chi connectivity index (χ1v) is 6.36. The molecule has 0 rings (SSSR count). The van der Waals surface area contributed by atoms with Crippen LogP contribution >= 0.6 is 0 Å². The molecular weight excluding hydrogens is 236 g/mol. The Hall–Kier alpha value is -0.910. The van der Waals surface area contributed by atoms with E-state index in [2.05, 4.69) is 6.58 Å². The third kappa shape index (κ3) is 13.2. The van der Waals surface area contributed by atoms with Crippen LogP contribution in [0.25, 0.3) is 0 Å². The smallest absolute Gasteiger partial charge is 0.330 e. The second-order valence-corrected chi connectivity index (χ2v) is 3.73. The molecule has 0 spiro atoms. The van der Waals surface area contributed by atoms with Crippen molar-refractivity contribution in [3.8, 4) is 0 Å². The van der Waals surface area contributed by atoms with Gasteiger partial charge >= 0.3 is 5.97 Å². The summed E-state index contributed by atoms with van der Waals surface area (Å²) in [5, 5.41) is 8.48. The number of aliphatic hydroxyl groups excluding tert-OH is 1. The molecule has 0 aliphatic carbocycles. The molecule has 0 aliphatic heterocycles. The lowest BCUT2D eigenvalue weighted by Gasteiger charge is -2.05. The summed E-state index contributed by atoms with van der Waals surface area (Å²) in [6, 6.07) is 0. The summed E-state index contributed by atoms with van der Waals surface area (Å²) in [6.07, 6.45) is 5.33. The average Bonchev–Trinajstić information content (AvgIpc) is 2.39. The summed E-state index contributed by atoms with van der Waals surface area (Å²) in [4.78, 5) is 10.7. The molecule has 0 unspecified atom stereocenters. The van der Waals surface area contributed by atoms with Gasteiger partial charge in [-0.15, -0.1) is 0 Å². The van der Waals surface area contributed by atoms with Crippen molar-refractivity contribution in [2.45, 2.75) is 25.7 Å². The van der Waals surface area contributed by atoms with Crippen molar-refractivity contribution in [1.82, 2.24) is 0 Å². The van der Waals surface area contributed by atoms with Crippen LogP contribution in [0, 0.1) is 0 Å². The Morgan fingerprint density at radius 3 is 2.11 bits per heavy atom. The van der Waals surface area contributed by atoms with Crippen LogP contribution in [0.15, 0.2) is 12.7 Å². The van der Waals surface area contributed by atoms with Gasteiger partial charge in [-0.25, -0.2) is 4.79 Å². The summed E-state index contributed by atoms with van der Waals surface area (Å²) < 4.78 is 15.2. The maximum atomic E-state index is 10.7. The van der Waals surface area contributed by atoms with Crippen LogP contribution in [0.5, 0.6) is 0 Å². The molecule has 0 aromatic rings. The number of rotatable bonds is 13. The lowest BCUT2D eigenvalue weighted by atomic mass is 10.2. The quantitative estimate of drug-likeness (QED) is 0.307. The minimum Gasteiger partial charge on any atom is -0.460 e. The average molecular weight is 260 g/mol. The molecule has 0 heterocycles. The van der Waals surface area contributed by atoms with Crippen molar-refractivity contribution in [2.24, 2.45) is 0 Å². The highest BCUT2D eigenvalue weighted by Crippen LogP contribution is 2.00. The number of carbonyl (C=O) groups is 1. The number of aliphatic hydroxyl groups is 1. The van der Waals surface area contributed by atoms with E-state index < -0.39 is 5.97 Å². The van der Waals surface area contributed by atoms with E-state index in [-0.39, 0.29) is 13.2 Å². The Bertz CT molecular complexity index is 206. The molecule has 18 heavy (non-hydrogen) atoms. The Labute approximate surface area is 109 Å². The van der Waals surface area contributed by atoms with Crippen molar-refractivity contribution >= 4 is 5.97 Å². The summed E-state index contributed by atoms with van der Waals surface area (Å²) >= 11 is 0.